The zero-order valence-corrected chi connectivity index (χ0v) is 17.1. The molecule has 2 N–H and O–H groups in total. The van der Waals surface area contributed by atoms with E-state index in [1.807, 2.05) is 30.3 Å². The number of hydrogen-bond donors (Lipinski definition) is 2. The number of para-hydroxylation sites is 1. The van der Waals surface area contributed by atoms with E-state index >= 15 is 0 Å². The second-order valence-corrected chi connectivity index (χ2v) is 6.63. The second-order valence-electron chi connectivity index (χ2n) is 6.63. The average Bonchev–Trinajstić information content (AvgIpc) is 2.79. The van der Waals surface area contributed by atoms with Gasteiger partial charge in [-0.15, -0.1) is 0 Å². The van der Waals surface area contributed by atoms with Crippen molar-refractivity contribution >= 4 is 28.5 Å². The van der Waals surface area contributed by atoms with Crippen molar-refractivity contribution in [1.82, 2.24) is 4.98 Å². The first-order valence-electron chi connectivity index (χ1n) is 9.23. The van der Waals surface area contributed by atoms with Gasteiger partial charge in [0.1, 0.15) is 5.75 Å². The minimum atomic E-state index is -1.13. The smallest absolute Gasteiger partial charge is 1.00 e. The number of carboxylic acids is 1. The van der Waals surface area contributed by atoms with Crippen molar-refractivity contribution in [3.8, 4) is 16.9 Å². The molecule has 0 unspecified atom stereocenters. The van der Waals surface area contributed by atoms with Crippen molar-refractivity contribution in [1.29, 1.82) is 0 Å². The first kappa shape index (κ1) is 22.1. The van der Waals surface area contributed by atoms with Gasteiger partial charge in [-0.05, 0) is 48.0 Å². The van der Waals surface area contributed by atoms with Crippen molar-refractivity contribution in [2.45, 2.75) is 0 Å². The molecule has 0 atom stereocenters. The number of aromatic nitrogens is 1. The Labute approximate surface area is 192 Å². The molecule has 0 radical (unpaired) electrons. The summed E-state index contributed by atoms with van der Waals surface area (Å²) in [5.74, 6) is -0.902. The van der Waals surface area contributed by atoms with E-state index in [0.717, 1.165) is 16.5 Å². The Kier molecular flexibility index (Phi) is 6.76. The van der Waals surface area contributed by atoms with E-state index in [1.165, 1.54) is 0 Å². The van der Waals surface area contributed by atoms with Crippen LogP contribution < -0.4 is 28.9 Å². The summed E-state index contributed by atoms with van der Waals surface area (Å²) in [4.78, 5) is 28.9. The molecule has 3 aromatic carbocycles. The molecule has 1 heterocycles. The van der Waals surface area contributed by atoms with Gasteiger partial charge in [-0.1, -0.05) is 30.3 Å². The van der Waals surface area contributed by atoms with Crippen LogP contribution in [-0.4, -0.2) is 29.1 Å². The summed E-state index contributed by atoms with van der Waals surface area (Å²) in [5, 5.41) is 13.4. The number of carbonyl (C=O) groups excluding carboxylic acids is 1. The molecule has 0 aliphatic rings. The Morgan fingerprint density at radius 3 is 2.45 bits per heavy atom. The molecule has 7 heteroatoms. The number of nitrogens with one attached hydrogen (secondary N) is 1. The number of ether oxygens (including phenoxy) is 1. The normalized spacial score (nSPS) is 10.2. The molecule has 0 aliphatic carbocycles. The van der Waals surface area contributed by atoms with Crippen LogP contribution in [0.2, 0.25) is 0 Å². The molecule has 0 aliphatic heterocycles. The van der Waals surface area contributed by atoms with Crippen LogP contribution in [0.5, 0.6) is 5.75 Å². The van der Waals surface area contributed by atoms with Gasteiger partial charge in [0.05, 0.1) is 23.9 Å². The van der Waals surface area contributed by atoms with Gasteiger partial charge in [-0.2, -0.15) is 0 Å². The molecule has 1 aromatic heterocycles. The van der Waals surface area contributed by atoms with Crippen LogP contribution >= 0.6 is 0 Å². The number of pyridine rings is 1. The van der Waals surface area contributed by atoms with Crippen LogP contribution in [0.4, 0.5) is 5.69 Å². The number of anilines is 1. The van der Waals surface area contributed by atoms with E-state index in [2.05, 4.69) is 10.3 Å². The number of fused-ring (bicyclic) bond motifs is 1. The zero-order chi connectivity index (χ0) is 21.1. The summed E-state index contributed by atoms with van der Waals surface area (Å²) < 4.78 is 5.09. The van der Waals surface area contributed by atoms with E-state index < -0.39 is 11.9 Å². The van der Waals surface area contributed by atoms with E-state index in [4.69, 9.17) is 4.74 Å². The van der Waals surface area contributed by atoms with E-state index in [0.29, 0.717) is 16.9 Å². The molecule has 0 saturated carbocycles. The van der Waals surface area contributed by atoms with E-state index in [9.17, 15) is 14.7 Å². The third-order valence-electron chi connectivity index (χ3n) is 4.79. The fourth-order valence-electron chi connectivity index (χ4n) is 3.27. The molecule has 150 valence electrons. The molecule has 31 heavy (non-hydrogen) atoms. The summed E-state index contributed by atoms with van der Waals surface area (Å²) in [7, 11) is 1.54. The third kappa shape index (κ3) is 4.61. The molecule has 6 nitrogen and oxygen atoms in total. The summed E-state index contributed by atoms with van der Waals surface area (Å²) >= 11 is 0. The molecule has 0 spiro atoms. The van der Waals surface area contributed by atoms with Gasteiger partial charge in [0, 0.05) is 22.7 Å². The minimum absolute atomic E-state index is 0. The number of benzene rings is 3. The first-order valence-corrected chi connectivity index (χ1v) is 9.23. The number of aromatic carboxylic acids is 1. The molecular formula is C24H19LiN2O4. The van der Waals surface area contributed by atoms with Crippen LogP contribution in [0.1, 0.15) is 22.1 Å². The fourth-order valence-corrected chi connectivity index (χ4v) is 3.27. The Hall–Kier alpha value is -3.59. The number of carbonyl (C=O) groups is 2. The number of amides is 1. The Balaban J connectivity index is 0.00000181. The maximum atomic E-state index is 12.6. The number of carboxylic acid groups (broad SMARTS) is 1. The molecule has 0 bridgehead atoms. The molecule has 4 aromatic rings. The third-order valence-corrected chi connectivity index (χ3v) is 4.79. The number of rotatable bonds is 5. The minimum Gasteiger partial charge on any atom is -1.00 e. The topological polar surface area (TPSA) is 88.5 Å². The van der Waals surface area contributed by atoms with Gasteiger partial charge < -0.3 is 16.6 Å². The van der Waals surface area contributed by atoms with Gasteiger partial charge in [0.25, 0.3) is 5.91 Å². The maximum Gasteiger partial charge on any atom is 1.00 e. The summed E-state index contributed by atoms with van der Waals surface area (Å²) in [5.41, 5.74) is 2.94. The van der Waals surface area contributed by atoms with Crippen molar-refractivity contribution in [3.05, 3.63) is 90.1 Å². The zero-order valence-electron chi connectivity index (χ0n) is 18.1. The number of methoxy groups -OCH3 is 1. The van der Waals surface area contributed by atoms with Crippen LogP contribution in [-0.2, 0) is 0 Å². The summed E-state index contributed by atoms with van der Waals surface area (Å²) in [6, 6.07) is 21.1. The molecule has 0 fully saturated rings. The number of hydrogen-bond acceptors (Lipinski definition) is 4. The molecule has 1 amide bonds. The molecule has 0 saturated heterocycles. The van der Waals surface area contributed by atoms with Gasteiger partial charge in [0.15, 0.2) is 0 Å². The number of nitrogens with zero attached hydrogens (tertiary/aromatic N) is 1. The molecular weight excluding hydrogens is 387 g/mol. The Morgan fingerprint density at radius 2 is 1.74 bits per heavy atom. The Morgan fingerprint density at radius 1 is 1.00 bits per heavy atom. The summed E-state index contributed by atoms with van der Waals surface area (Å²) in [6.45, 7) is 0. The van der Waals surface area contributed by atoms with Gasteiger partial charge in [-0.3, -0.25) is 9.78 Å². The van der Waals surface area contributed by atoms with Crippen LogP contribution in [0.3, 0.4) is 0 Å². The fraction of sp³-hybridized carbons (Fsp3) is 0.0417. The van der Waals surface area contributed by atoms with Crippen molar-refractivity contribution < 1.29 is 39.7 Å². The van der Waals surface area contributed by atoms with Gasteiger partial charge in [-0.25, -0.2) is 4.79 Å². The van der Waals surface area contributed by atoms with Crippen molar-refractivity contribution in [2.24, 2.45) is 0 Å². The van der Waals surface area contributed by atoms with Crippen molar-refractivity contribution in [2.75, 3.05) is 12.4 Å². The predicted octanol–water partition coefficient (Wildman–Crippen LogP) is 1.98. The summed E-state index contributed by atoms with van der Waals surface area (Å²) in [6.07, 6.45) is 1.70. The second kappa shape index (κ2) is 9.48. The van der Waals surface area contributed by atoms with E-state index in [1.54, 1.807) is 55.8 Å². The van der Waals surface area contributed by atoms with Gasteiger partial charge in [0.2, 0.25) is 0 Å². The largest absolute Gasteiger partial charge is 1.00 e. The van der Waals surface area contributed by atoms with E-state index in [-0.39, 0.29) is 31.5 Å². The molecule has 4 rings (SSSR count). The Bertz CT molecular complexity index is 1260. The predicted molar refractivity (Wildman–Crippen MR) is 116 cm³/mol. The average molecular weight is 406 g/mol. The van der Waals surface area contributed by atoms with Gasteiger partial charge >= 0.3 is 24.8 Å². The standard InChI is InChI=1S/C24H18N2O4.Li.H/c1-30-18-10-7-16(8-11-18)23(27)26-21-12-9-17(14-20(21)24(28)29)19-6-2-4-15-5-3-13-25-22(15)19;;/h2-14H,1H3,(H,26,27)(H,28,29);;/q;+1;-1. The van der Waals surface area contributed by atoms with Crippen LogP contribution in [0, 0.1) is 0 Å². The van der Waals surface area contributed by atoms with Crippen molar-refractivity contribution in [3.63, 3.8) is 0 Å². The SMILES string of the molecule is COc1ccc(C(=O)Nc2ccc(-c3cccc4cccnc34)cc2C(=O)O)cc1.[H-].[Li+]. The maximum absolute atomic E-state index is 12.6. The van der Waals surface area contributed by atoms with Crippen LogP contribution in [0.25, 0.3) is 22.0 Å². The monoisotopic (exact) mass is 406 g/mol. The van der Waals surface area contributed by atoms with Crippen LogP contribution in [0.15, 0.2) is 79.0 Å². The first-order chi connectivity index (χ1) is 14.6. The quantitative estimate of drug-likeness (QED) is 0.495.